The van der Waals surface area contributed by atoms with E-state index in [1.54, 1.807) is 0 Å². The van der Waals surface area contributed by atoms with Crippen LogP contribution in [-0.2, 0) is 4.74 Å². The summed E-state index contributed by atoms with van der Waals surface area (Å²) >= 11 is 0. The number of benzene rings is 1. The Kier molecular flexibility index (Phi) is 8.05. The Labute approximate surface area is 133 Å². The van der Waals surface area contributed by atoms with Gasteiger partial charge in [-0.3, -0.25) is 0 Å². The molecule has 3 nitrogen and oxygen atoms in total. The van der Waals surface area contributed by atoms with Gasteiger partial charge in [0, 0.05) is 13.7 Å². The second kappa shape index (κ2) is 9.52. The third-order valence-electron chi connectivity index (χ3n) is 3.60. The monoisotopic (exact) mass is 335 g/mol. The SMILES string of the molecule is CC[NH+](CC)C/C=C/c1c(F)c(F)c(NCCOC)c(F)c1F. The molecule has 0 atom stereocenters. The molecule has 0 aromatic heterocycles. The van der Waals surface area contributed by atoms with Crippen molar-refractivity contribution < 1.29 is 27.2 Å². The van der Waals surface area contributed by atoms with E-state index in [1.807, 2.05) is 13.8 Å². The van der Waals surface area contributed by atoms with Gasteiger partial charge in [-0.25, -0.2) is 17.6 Å². The van der Waals surface area contributed by atoms with Crippen molar-refractivity contribution in [1.29, 1.82) is 0 Å². The first kappa shape index (κ1) is 19.4. The van der Waals surface area contributed by atoms with Crippen LogP contribution < -0.4 is 10.2 Å². The lowest BCUT2D eigenvalue weighted by molar-refractivity contribution is -0.890. The van der Waals surface area contributed by atoms with E-state index in [1.165, 1.54) is 18.1 Å². The second-order valence-corrected chi connectivity index (χ2v) is 5.03. The Balaban J connectivity index is 3.04. The van der Waals surface area contributed by atoms with Gasteiger partial charge in [-0.15, -0.1) is 0 Å². The van der Waals surface area contributed by atoms with Crippen molar-refractivity contribution in [2.24, 2.45) is 0 Å². The van der Waals surface area contributed by atoms with Gasteiger partial charge < -0.3 is 15.0 Å². The van der Waals surface area contributed by atoms with E-state index in [9.17, 15) is 17.6 Å². The number of hydrogen-bond acceptors (Lipinski definition) is 2. The number of halogens is 4. The summed E-state index contributed by atoms with van der Waals surface area (Å²) in [6.45, 7) is 6.35. The molecule has 23 heavy (non-hydrogen) atoms. The van der Waals surface area contributed by atoms with Crippen LogP contribution in [0.3, 0.4) is 0 Å². The number of rotatable bonds is 9. The van der Waals surface area contributed by atoms with Gasteiger partial charge in [0.2, 0.25) is 0 Å². The molecule has 1 aromatic rings. The number of ether oxygens (including phenoxy) is 1. The van der Waals surface area contributed by atoms with Gasteiger partial charge in [-0.1, -0.05) is 0 Å². The summed E-state index contributed by atoms with van der Waals surface area (Å²) in [4.78, 5) is 1.18. The van der Waals surface area contributed by atoms with Gasteiger partial charge in [0.05, 0.1) is 31.8 Å². The zero-order chi connectivity index (χ0) is 17.4. The fourth-order valence-electron chi connectivity index (χ4n) is 2.11. The van der Waals surface area contributed by atoms with Crippen LogP contribution in [0.2, 0.25) is 0 Å². The van der Waals surface area contributed by atoms with Crippen molar-refractivity contribution >= 4 is 11.8 Å². The van der Waals surface area contributed by atoms with Gasteiger partial charge in [-0.05, 0) is 26.0 Å². The molecule has 7 heteroatoms. The minimum atomic E-state index is -1.44. The summed E-state index contributed by atoms with van der Waals surface area (Å²) < 4.78 is 60.5. The maximum absolute atomic E-state index is 14.0. The highest BCUT2D eigenvalue weighted by Gasteiger charge is 2.23. The average Bonchev–Trinajstić information content (AvgIpc) is 2.56. The number of nitrogens with one attached hydrogen (secondary N) is 2. The molecule has 0 fully saturated rings. The summed E-state index contributed by atoms with van der Waals surface area (Å²) in [5, 5.41) is 2.30. The fraction of sp³-hybridized carbons (Fsp3) is 0.500. The Morgan fingerprint density at radius 1 is 1.00 bits per heavy atom. The first-order chi connectivity index (χ1) is 11.0. The Bertz CT molecular complexity index is 516. The van der Waals surface area contributed by atoms with Gasteiger partial charge in [0.25, 0.3) is 0 Å². The molecular formula is C16H23F4N2O+. The van der Waals surface area contributed by atoms with Crippen LogP contribution in [-0.4, -0.2) is 39.9 Å². The highest BCUT2D eigenvalue weighted by Crippen LogP contribution is 2.28. The Morgan fingerprint density at radius 3 is 2.04 bits per heavy atom. The first-order valence-electron chi connectivity index (χ1n) is 7.56. The summed E-state index contributed by atoms with van der Waals surface area (Å²) in [7, 11) is 1.40. The van der Waals surface area contributed by atoms with E-state index < -0.39 is 34.5 Å². The third-order valence-corrected chi connectivity index (χ3v) is 3.60. The lowest BCUT2D eigenvalue weighted by Crippen LogP contribution is -3.11. The Hall–Kier alpha value is -1.60. The van der Waals surface area contributed by atoms with Crippen LogP contribution in [0.5, 0.6) is 0 Å². The van der Waals surface area contributed by atoms with Crippen molar-refractivity contribution in [2.75, 3.05) is 45.2 Å². The number of quaternary nitrogens is 1. The van der Waals surface area contributed by atoms with Gasteiger partial charge in [-0.2, -0.15) is 0 Å². The van der Waals surface area contributed by atoms with E-state index in [4.69, 9.17) is 4.74 Å². The Morgan fingerprint density at radius 2 is 1.57 bits per heavy atom. The molecule has 0 aliphatic heterocycles. The van der Waals surface area contributed by atoms with Crippen LogP contribution in [0.1, 0.15) is 19.4 Å². The number of methoxy groups -OCH3 is 1. The summed E-state index contributed by atoms with van der Waals surface area (Å²) in [5.41, 5.74) is -1.52. The van der Waals surface area contributed by atoms with E-state index in [0.29, 0.717) is 6.54 Å². The molecule has 0 amide bonds. The number of anilines is 1. The molecule has 0 unspecified atom stereocenters. The maximum atomic E-state index is 14.0. The predicted octanol–water partition coefficient (Wildman–Crippen LogP) is 2.24. The highest BCUT2D eigenvalue weighted by atomic mass is 19.2. The van der Waals surface area contributed by atoms with E-state index in [-0.39, 0.29) is 13.2 Å². The van der Waals surface area contributed by atoms with Crippen LogP contribution in [0.25, 0.3) is 6.08 Å². The smallest absolute Gasteiger partial charge is 0.185 e. The average molecular weight is 335 g/mol. The van der Waals surface area contributed by atoms with Crippen LogP contribution in [0, 0.1) is 23.3 Å². The van der Waals surface area contributed by atoms with Crippen molar-refractivity contribution in [3.05, 3.63) is 34.9 Å². The van der Waals surface area contributed by atoms with E-state index in [0.717, 1.165) is 19.2 Å². The molecule has 0 bridgehead atoms. The molecule has 0 saturated heterocycles. The molecule has 2 N–H and O–H groups in total. The summed E-state index contributed by atoms with van der Waals surface area (Å²) in [6, 6.07) is 0. The highest BCUT2D eigenvalue weighted by molar-refractivity contribution is 5.58. The second-order valence-electron chi connectivity index (χ2n) is 5.03. The lowest BCUT2D eigenvalue weighted by atomic mass is 10.1. The molecule has 0 saturated carbocycles. The zero-order valence-corrected chi connectivity index (χ0v) is 13.6. The largest absolute Gasteiger partial charge is 0.383 e. The number of likely N-dealkylation sites (N-methyl/N-ethyl adjacent to an activating group) is 1. The first-order valence-corrected chi connectivity index (χ1v) is 7.56. The summed E-state index contributed by atoms with van der Waals surface area (Å²) in [5.74, 6) is -5.69. The molecule has 1 aromatic carbocycles. The van der Waals surface area contributed by atoms with Crippen LogP contribution in [0.15, 0.2) is 6.08 Å². The van der Waals surface area contributed by atoms with E-state index >= 15 is 0 Å². The van der Waals surface area contributed by atoms with Gasteiger partial charge in [0.15, 0.2) is 23.3 Å². The topological polar surface area (TPSA) is 25.7 Å². The molecule has 0 aliphatic rings. The maximum Gasteiger partial charge on any atom is 0.185 e. The number of hydrogen-bond donors (Lipinski definition) is 2. The van der Waals surface area contributed by atoms with Gasteiger partial charge >= 0.3 is 0 Å². The molecule has 0 radical (unpaired) electrons. The van der Waals surface area contributed by atoms with Crippen molar-refractivity contribution in [3.63, 3.8) is 0 Å². The lowest BCUT2D eigenvalue weighted by Gasteiger charge is -2.13. The van der Waals surface area contributed by atoms with Crippen LogP contribution in [0.4, 0.5) is 23.2 Å². The quantitative estimate of drug-likeness (QED) is 0.411. The normalized spacial score (nSPS) is 11.7. The molecule has 0 heterocycles. The van der Waals surface area contributed by atoms with Crippen molar-refractivity contribution in [2.45, 2.75) is 13.8 Å². The van der Waals surface area contributed by atoms with Crippen molar-refractivity contribution in [1.82, 2.24) is 0 Å². The predicted molar refractivity (Wildman–Crippen MR) is 82.6 cm³/mol. The third kappa shape index (κ3) is 4.94. The minimum Gasteiger partial charge on any atom is -0.383 e. The zero-order valence-electron chi connectivity index (χ0n) is 13.6. The van der Waals surface area contributed by atoms with Crippen LogP contribution >= 0.6 is 0 Å². The van der Waals surface area contributed by atoms with Gasteiger partial charge in [0.1, 0.15) is 5.69 Å². The molecule has 0 aliphatic carbocycles. The molecule has 0 spiro atoms. The minimum absolute atomic E-state index is 0.0315. The molecule has 130 valence electrons. The fourth-order valence-corrected chi connectivity index (χ4v) is 2.11. The molecule has 1 rings (SSSR count). The summed E-state index contributed by atoms with van der Waals surface area (Å²) in [6.07, 6.45) is 2.60. The van der Waals surface area contributed by atoms with Crippen molar-refractivity contribution in [3.8, 4) is 0 Å². The standard InChI is InChI=1S/C16H22F4N2O/c1-4-22(5-2)9-6-7-11-12(17)14(19)16(15(20)13(11)18)21-8-10-23-3/h6-7,21H,4-5,8-10H2,1-3H3/p+1/b7-6+. The molecular weight excluding hydrogens is 312 g/mol. The van der Waals surface area contributed by atoms with E-state index in [2.05, 4.69) is 5.32 Å².